The predicted molar refractivity (Wildman–Crippen MR) is 84.5 cm³/mol. The van der Waals surface area contributed by atoms with Crippen LogP contribution in [0.4, 0.5) is 11.4 Å². The monoisotopic (exact) mass is 298 g/mol. The molecule has 0 radical (unpaired) electrons. The van der Waals surface area contributed by atoms with E-state index in [4.69, 9.17) is 5.11 Å². The predicted octanol–water partition coefficient (Wildman–Crippen LogP) is 4.94. The van der Waals surface area contributed by atoms with E-state index in [1.807, 2.05) is 19.1 Å². The molecule has 2 aromatic carbocycles. The van der Waals surface area contributed by atoms with Gasteiger partial charge in [-0.25, -0.2) is 4.79 Å². The van der Waals surface area contributed by atoms with Crippen molar-refractivity contribution in [1.29, 1.82) is 0 Å². The van der Waals surface area contributed by atoms with E-state index in [-0.39, 0.29) is 11.3 Å². The molecule has 0 heterocycles. The van der Waals surface area contributed by atoms with E-state index in [9.17, 15) is 9.90 Å². The minimum atomic E-state index is -1.20. The van der Waals surface area contributed by atoms with Crippen molar-refractivity contribution < 1.29 is 15.0 Å². The minimum absolute atomic E-state index is 0.191. The van der Waals surface area contributed by atoms with Gasteiger partial charge in [0.1, 0.15) is 11.3 Å². The second-order valence-electron chi connectivity index (χ2n) is 5.41. The van der Waals surface area contributed by atoms with E-state index in [0.717, 1.165) is 16.8 Å². The third-order valence-corrected chi connectivity index (χ3v) is 3.38. The zero-order valence-electron chi connectivity index (χ0n) is 12.7. The summed E-state index contributed by atoms with van der Waals surface area (Å²) in [6, 6.07) is 10.1. The molecule has 5 heteroatoms. The molecule has 0 aliphatic rings. The number of hydrogen-bond acceptors (Lipinski definition) is 4. The number of nitrogens with zero attached hydrogens (tertiary/aromatic N) is 2. The van der Waals surface area contributed by atoms with Gasteiger partial charge in [0, 0.05) is 0 Å². The molecule has 0 spiro atoms. The van der Waals surface area contributed by atoms with Crippen molar-refractivity contribution >= 4 is 17.3 Å². The molecule has 2 N–H and O–H groups in total. The molecule has 2 rings (SSSR count). The molecule has 0 amide bonds. The fourth-order valence-electron chi connectivity index (χ4n) is 1.96. The molecule has 2 aromatic rings. The number of carboxylic acid groups (broad SMARTS) is 1. The topological polar surface area (TPSA) is 82.2 Å². The molecule has 0 bridgehead atoms. The average Bonchev–Trinajstić information content (AvgIpc) is 2.47. The Kier molecular flexibility index (Phi) is 4.56. The van der Waals surface area contributed by atoms with Crippen LogP contribution in [0.5, 0.6) is 5.75 Å². The lowest BCUT2D eigenvalue weighted by molar-refractivity contribution is 0.0694. The van der Waals surface area contributed by atoms with Crippen molar-refractivity contribution in [3.63, 3.8) is 0 Å². The molecule has 0 saturated carbocycles. The van der Waals surface area contributed by atoms with Gasteiger partial charge in [0.15, 0.2) is 0 Å². The number of carboxylic acids is 1. The van der Waals surface area contributed by atoms with Crippen molar-refractivity contribution in [2.75, 3.05) is 0 Å². The van der Waals surface area contributed by atoms with Gasteiger partial charge in [0.05, 0.1) is 11.4 Å². The third kappa shape index (κ3) is 3.49. The van der Waals surface area contributed by atoms with E-state index in [0.29, 0.717) is 11.6 Å². The van der Waals surface area contributed by atoms with Crippen LogP contribution in [0, 0.1) is 6.92 Å². The lowest BCUT2D eigenvalue weighted by Gasteiger charge is -2.07. The Morgan fingerprint density at radius 1 is 1.09 bits per heavy atom. The standard InChI is InChI=1S/C17H18N2O3/c1-10(2)12-5-4-11(3)15(8-12)19-18-13-6-7-16(20)14(9-13)17(21)22/h4-10,20H,1-3H3,(H,21,22). The Labute approximate surface area is 129 Å². The zero-order valence-corrected chi connectivity index (χ0v) is 12.7. The molecule has 0 unspecified atom stereocenters. The van der Waals surface area contributed by atoms with Crippen LogP contribution in [0.2, 0.25) is 0 Å². The van der Waals surface area contributed by atoms with Crippen molar-refractivity contribution in [2.24, 2.45) is 10.2 Å². The molecule has 0 aromatic heterocycles. The highest BCUT2D eigenvalue weighted by molar-refractivity contribution is 5.91. The minimum Gasteiger partial charge on any atom is -0.507 e. The quantitative estimate of drug-likeness (QED) is 0.784. The molecule has 0 fully saturated rings. The van der Waals surface area contributed by atoms with Gasteiger partial charge in [-0.1, -0.05) is 26.0 Å². The lowest BCUT2D eigenvalue weighted by Crippen LogP contribution is -1.95. The number of aryl methyl sites for hydroxylation is 1. The van der Waals surface area contributed by atoms with Gasteiger partial charge in [-0.15, -0.1) is 0 Å². The average molecular weight is 298 g/mol. The van der Waals surface area contributed by atoms with Crippen LogP contribution in [-0.2, 0) is 0 Å². The van der Waals surface area contributed by atoms with Crippen molar-refractivity contribution in [3.8, 4) is 5.75 Å². The maximum Gasteiger partial charge on any atom is 0.339 e. The van der Waals surface area contributed by atoms with Crippen LogP contribution >= 0.6 is 0 Å². The molecule has 22 heavy (non-hydrogen) atoms. The van der Waals surface area contributed by atoms with Gasteiger partial charge >= 0.3 is 5.97 Å². The van der Waals surface area contributed by atoms with E-state index < -0.39 is 5.97 Å². The highest BCUT2D eigenvalue weighted by Gasteiger charge is 2.10. The highest BCUT2D eigenvalue weighted by atomic mass is 16.4. The number of carbonyl (C=O) groups is 1. The smallest absolute Gasteiger partial charge is 0.339 e. The van der Waals surface area contributed by atoms with Gasteiger partial charge < -0.3 is 10.2 Å². The van der Waals surface area contributed by atoms with Crippen molar-refractivity contribution in [2.45, 2.75) is 26.7 Å². The second-order valence-corrected chi connectivity index (χ2v) is 5.41. The number of aromatic carboxylic acids is 1. The first kappa shape index (κ1) is 15.7. The maximum atomic E-state index is 11.0. The summed E-state index contributed by atoms with van der Waals surface area (Å²) >= 11 is 0. The molecule has 5 nitrogen and oxygen atoms in total. The molecular formula is C17H18N2O3. The number of azo groups is 1. The first-order chi connectivity index (χ1) is 10.4. The van der Waals surface area contributed by atoms with Crippen LogP contribution in [0.1, 0.15) is 41.3 Å². The number of hydrogen-bond donors (Lipinski definition) is 2. The van der Waals surface area contributed by atoms with Crippen LogP contribution < -0.4 is 0 Å². The summed E-state index contributed by atoms with van der Waals surface area (Å²) in [7, 11) is 0. The van der Waals surface area contributed by atoms with Gasteiger partial charge in [0.25, 0.3) is 0 Å². The molecule has 0 saturated heterocycles. The van der Waals surface area contributed by atoms with Gasteiger partial charge in [0.2, 0.25) is 0 Å². The Morgan fingerprint density at radius 2 is 1.82 bits per heavy atom. The lowest BCUT2D eigenvalue weighted by atomic mass is 10.0. The summed E-state index contributed by atoms with van der Waals surface area (Å²) in [6.07, 6.45) is 0. The zero-order chi connectivity index (χ0) is 16.3. The summed E-state index contributed by atoms with van der Waals surface area (Å²) in [5, 5.41) is 26.7. The van der Waals surface area contributed by atoms with E-state index in [2.05, 4.69) is 30.1 Å². The third-order valence-electron chi connectivity index (χ3n) is 3.38. The summed E-state index contributed by atoms with van der Waals surface area (Å²) in [4.78, 5) is 11.0. The molecule has 0 aliphatic carbocycles. The fourth-order valence-corrected chi connectivity index (χ4v) is 1.96. The van der Waals surface area contributed by atoms with Crippen LogP contribution in [0.15, 0.2) is 46.6 Å². The van der Waals surface area contributed by atoms with Gasteiger partial charge in [-0.2, -0.15) is 10.2 Å². The summed E-state index contributed by atoms with van der Waals surface area (Å²) in [6.45, 7) is 6.15. The van der Waals surface area contributed by atoms with E-state index in [1.165, 1.54) is 18.2 Å². The molecular weight excluding hydrogens is 280 g/mol. The normalized spacial score (nSPS) is 11.3. The molecule has 0 aliphatic heterocycles. The highest BCUT2D eigenvalue weighted by Crippen LogP contribution is 2.28. The van der Waals surface area contributed by atoms with Crippen LogP contribution in [0.25, 0.3) is 0 Å². The summed E-state index contributed by atoms with van der Waals surface area (Å²) in [5.41, 5.74) is 3.09. The van der Waals surface area contributed by atoms with Gasteiger partial charge in [-0.05, 0) is 48.2 Å². The summed E-state index contributed by atoms with van der Waals surface area (Å²) < 4.78 is 0. The second kappa shape index (κ2) is 6.39. The van der Waals surface area contributed by atoms with Crippen molar-refractivity contribution in [3.05, 3.63) is 53.1 Å². The first-order valence-corrected chi connectivity index (χ1v) is 6.97. The Morgan fingerprint density at radius 3 is 2.45 bits per heavy atom. The van der Waals surface area contributed by atoms with E-state index in [1.54, 1.807) is 0 Å². The molecule has 0 atom stereocenters. The van der Waals surface area contributed by atoms with Crippen LogP contribution in [0.3, 0.4) is 0 Å². The molecule has 114 valence electrons. The largest absolute Gasteiger partial charge is 0.507 e. The number of benzene rings is 2. The maximum absolute atomic E-state index is 11.0. The summed E-state index contributed by atoms with van der Waals surface area (Å²) in [5.74, 6) is -1.10. The Bertz CT molecular complexity index is 737. The van der Waals surface area contributed by atoms with Crippen molar-refractivity contribution in [1.82, 2.24) is 0 Å². The van der Waals surface area contributed by atoms with Crippen LogP contribution in [-0.4, -0.2) is 16.2 Å². The van der Waals surface area contributed by atoms with Gasteiger partial charge in [-0.3, -0.25) is 0 Å². The number of aromatic hydroxyl groups is 1. The fraction of sp³-hybridized carbons (Fsp3) is 0.235. The first-order valence-electron chi connectivity index (χ1n) is 6.97. The SMILES string of the molecule is Cc1ccc(C(C)C)cc1N=Nc1ccc(O)c(C(=O)O)c1. The number of rotatable bonds is 4. The Balaban J connectivity index is 2.34. The number of phenols is 1. The van der Waals surface area contributed by atoms with E-state index >= 15 is 0 Å². The Hall–Kier alpha value is -2.69.